The Hall–Kier alpha value is -0.290. The predicted octanol–water partition coefficient (Wildman–Crippen LogP) is 3.16. The van der Waals surface area contributed by atoms with Gasteiger partial charge in [0.1, 0.15) is 0 Å². The summed E-state index contributed by atoms with van der Waals surface area (Å²) in [6.07, 6.45) is 1.72. The molecule has 0 aliphatic carbocycles. The fourth-order valence-corrected chi connectivity index (χ4v) is 4.15. The van der Waals surface area contributed by atoms with Crippen LogP contribution in [0.4, 0.5) is 0 Å². The van der Waals surface area contributed by atoms with Gasteiger partial charge in [0.2, 0.25) is 0 Å². The van der Waals surface area contributed by atoms with Crippen molar-refractivity contribution in [3.8, 4) is 0 Å². The van der Waals surface area contributed by atoms with Crippen molar-refractivity contribution < 1.29 is 8.42 Å². The van der Waals surface area contributed by atoms with E-state index in [1.165, 1.54) is 12.1 Å². The van der Waals surface area contributed by atoms with Gasteiger partial charge in [-0.05, 0) is 31.7 Å². The van der Waals surface area contributed by atoms with Gasteiger partial charge in [-0.1, -0.05) is 36.5 Å². The van der Waals surface area contributed by atoms with Crippen LogP contribution in [0, 0.1) is 0 Å². The minimum Gasteiger partial charge on any atom is -0.316 e. The largest absolute Gasteiger partial charge is 0.316 e. The van der Waals surface area contributed by atoms with Crippen molar-refractivity contribution in [3.05, 3.63) is 28.2 Å². The van der Waals surface area contributed by atoms with Gasteiger partial charge >= 0.3 is 0 Å². The van der Waals surface area contributed by atoms with Crippen LogP contribution >= 0.6 is 23.2 Å². The summed E-state index contributed by atoms with van der Waals surface area (Å²) in [4.78, 5) is 0.105. The van der Waals surface area contributed by atoms with E-state index in [9.17, 15) is 8.42 Å². The summed E-state index contributed by atoms with van der Waals surface area (Å²) in [5.41, 5.74) is 0. The normalized spacial score (nSPS) is 13.6. The maximum Gasteiger partial charge on any atom is 0.181 e. The zero-order chi connectivity index (χ0) is 13.8. The molecule has 0 radical (unpaired) electrons. The third kappa shape index (κ3) is 4.12. The van der Waals surface area contributed by atoms with Gasteiger partial charge in [0, 0.05) is 11.1 Å². The number of benzene rings is 1. The average Bonchev–Trinajstić information content (AvgIpc) is 2.31. The number of sulfone groups is 1. The second kappa shape index (κ2) is 6.75. The number of nitrogens with one attached hydrogen (secondary N) is 1. The molecule has 0 bridgehead atoms. The molecule has 0 heterocycles. The fraction of sp³-hybridized carbons (Fsp3) is 0.500. The van der Waals surface area contributed by atoms with E-state index in [4.69, 9.17) is 23.2 Å². The molecule has 0 spiro atoms. The third-order valence-corrected chi connectivity index (χ3v) is 5.22. The van der Waals surface area contributed by atoms with Crippen LogP contribution < -0.4 is 5.32 Å². The lowest BCUT2D eigenvalue weighted by Gasteiger charge is -2.16. The van der Waals surface area contributed by atoms with E-state index >= 15 is 0 Å². The Bertz CT molecular complexity index is 503. The van der Waals surface area contributed by atoms with Gasteiger partial charge in [-0.3, -0.25) is 0 Å². The van der Waals surface area contributed by atoms with Gasteiger partial charge in [-0.25, -0.2) is 8.42 Å². The highest BCUT2D eigenvalue weighted by Gasteiger charge is 2.22. The molecule has 0 aliphatic heterocycles. The SMILES string of the molecule is CCCC(CS(=O)(=O)c1cc(Cl)ccc1Cl)NC. The van der Waals surface area contributed by atoms with Gasteiger partial charge in [0.05, 0.1) is 15.7 Å². The molecule has 1 aromatic carbocycles. The molecule has 0 fully saturated rings. The molecule has 0 aromatic heterocycles. The van der Waals surface area contributed by atoms with E-state index in [1.807, 2.05) is 6.92 Å². The molecule has 0 saturated heterocycles. The first-order valence-electron chi connectivity index (χ1n) is 5.75. The van der Waals surface area contributed by atoms with E-state index in [2.05, 4.69) is 5.32 Å². The summed E-state index contributed by atoms with van der Waals surface area (Å²) in [7, 11) is -1.67. The smallest absolute Gasteiger partial charge is 0.181 e. The van der Waals surface area contributed by atoms with Crippen LogP contribution in [-0.4, -0.2) is 27.3 Å². The second-order valence-corrected chi connectivity index (χ2v) is 6.98. The molecule has 0 aliphatic rings. The topological polar surface area (TPSA) is 46.2 Å². The molecule has 1 aromatic rings. The van der Waals surface area contributed by atoms with Crippen molar-refractivity contribution in [1.82, 2.24) is 5.32 Å². The Labute approximate surface area is 118 Å². The Morgan fingerprint density at radius 2 is 2.00 bits per heavy atom. The molecule has 0 saturated carbocycles. The second-order valence-electron chi connectivity index (χ2n) is 4.13. The summed E-state index contributed by atoms with van der Waals surface area (Å²) in [6.45, 7) is 2.02. The summed E-state index contributed by atoms with van der Waals surface area (Å²) in [5.74, 6) is 0.0252. The molecule has 0 amide bonds. The van der Waals surface area contributed by atoms with E-state index in [1.54, 1.807) is 13.1 Å². The first-order chi connectivity index (χ1) is 8.40. The van der Waals surface area contributed by atoms with E-state index < -0.39 is 9.84 Å². The standard InChI is InChI=1S/C12H17Cl2NO2S/c1-3-4-10(15-2)8-18(16,17)12-7-9(13)5-6-11(12)14/h5-7,10,15H,3-4,8H2,1-2H3. The average molecular weight is 310 g/mol. The lowest BCUT2D eigenvalue weighted by Crippen LogP contribution is -2.33. The fourth-order valence-electron chi connectivity index (χ4n) is 1.73. The van der Waals surface area contributed by atoms with Crippen LogP contribution in [-0.2, 0) is 9.84 Å². The molecular weight excluding hydrogens is 293 g/mol. The van der Waals surface area contributed by atoms with E-state index in [-0.39, 0.29) is 21.7 Å². The van der Waals surface area contributed by atoms with Crippen LogP contribution in [0.25, 0.3) is 0 Å². The van der Waals surface area contributed by atoms with Gasteiger partial charge in [0.15, 0.2) is 9.84 Å². The highest BCUT2D eigenvalue weighted by molar-refractivity contribution is 7.91. The quantitative estimate of drug-likeness (QED) is 0.878. The van der Waals surface area contributed by atoms with E-state index in [0.29, 0.717) is 5.02 Å². The molecule has 18 heavy (non-hydrogen) atoms. The lowest BCUT2D eigenvalue weighted by atomic mass is 10.2. The summed E-state index contributed by atoms with van der Waals surface area (Å²) in [6, 6.07) is 4.41. The number of hydrogen-bond acceptors (Lipinski definition) is 3. The van der Waals surface area contributed by atoms with Gasteiger partial charge in [-0.2, -0.15) is 0 Å². The van der Waals surface area contributed by atoms with E-state index in [0.717, 1.165) is 12.8 Å². The zero-order valence-electron chi connectivity index (χ0n) is 10.4. The first-order valence-corrected chi connectivity index (χ1v) is 8.16. The molecule has 1 rings (SSSR count). The number of halogens is 2. The van der Waals surface area contributed by atoms with Crippen LogP contribution in [0.2, 0.25) is 10.0 Å². The minimum absolute atomic E-state index is 0.0252. The van der Waals surface area contributed by atoms with Crippen LogP contribution in [0.1, 0.15) is 19.8 Å². The maximum atomic E-state index is 12.3. The Kier molecular flexibility index (Phi) is 5.92. The van der Waals surface area contributed by atoms with Crippen molar-refractivity contribution in [3.63, 3.8) is 0 Å². The maximum absolute atomic E-state index is 12.3. The van der Waals surface area contributed by atoms with Crippen molar-refractivity contribution in [1.29, 1.82) is 0 Å². The third-order valence-electron chi connectivity index (χ3n) is 2.69. The summed E-state index contributed by atoms with van der Waals surface area (Å²) >= 11 is 11.7. The summed E-state index contributed by atoms with van der Waals surface area (Å²) in [5, 5.41) is 3.59. The van der Waals surface area contributed by atoms with Crippen molar-refractivity contribution in [2.24, 2.45) is 0 Å². The monoisotopic (exact) mass is 309 g/mol. The molecule has 1 atom stereocenters. The van der Waals surface area contributed by atoms with Crippen molar-refractivity contribution in [2.75, 3.05) is 12.8 Å². The molecule has 1 unspecified atom stereocenters. The highest BCUT2D eigenvalue weighted by Crippen LogP contribution is 2.26. The molecule has 1 N–H and O–H groups in total. The number of hydrogen-bond donors (Lipinski definition) is 1. The van der Waals surface area contributed by atoms with Crippen LogP contribution in [0.15, 0.2) is 23.1 Å². The van der Waals surface area contributed by atoms with Crippen molar-refractivity contribution in [2.45, 2.75) is 30.7 Å². The lowest BCUT2D eigenvalue weighted by molar-refractivity contribution is 0.536. The molecule has 3 nitrogen and oxygen atoms in total. The Morgan fingerprint density at radius 3 is 2.56 bits per heavy atom. The van der Waals surface area contributed by atoms with Gasteiger partial charge in [0.25, 0.3) is 0 Å². The van der Waals surface area contributed by atoms with Gasteiger partial charge < -0.3 is 5.32 Å². The minimum atomic E-state index is -3.43. The van der Waals surface area contributed by atoms with Crippen LogP contribution in [0.5, 0.6) is 0 Å². The Morgan fingerprint density at radius 1 is 1.33 bits per heavy atom. The highest BCUT2D eigenvalue weighted by atomic mass is 35.5. The van der Waals surface area contributed by atoms with Crippen molar-refractivity contribution >= 4 is 33.0 Å². The first kappa shape index (κ1) is 15.8. The number of rotatable bonds is 6. The Balaban J connectivity index is 3.02. The molecule has 102 valence electrons. The molecular formula is C12H17Cl2NO2S. The predicted molar refractivity (Wildman–Crippen MR) is 76.3 cm³/mol. The van der Waals surface area contributed by atoms with Gasteiger partial charge in [-0.15, -0.1) is 0 Å². The summed E-state index contributed by atoms with van der Waals surface area (Å²) < 4.78 is 24.5. The van der Waals surface area contributed by atoms with Crippen LogP contribution in [0.3, 0.4) is 0 Å². The zero-order valence-corrected chi connectivity index (χ0v) is 12.7. The molecule has 6 heteroatoms.